The van der Waals surface area contributed by atoms with Gasteiger partial charge in [-0.15, -0.1) is 10.2 Å². The lowest BCUT2D eigenvalue weighted by Crippen LogP contribution is -2.48. The highest BCUT2D eigenvalue weighted by Crippen LogP contribution is 2.34. The predicted octanol–water partition coefficient (Wildman–Crippen LogP) is 3.61. The molecule has 0 N–H and O–H groups in total. The lowest BCUT2D eigenvalue weighted by atomic mass is 10.0. The van der Waals surface area contributed by atoms with Gasteiger partial charge in [0.1, 0.15) is 0 Å². The smallest absolute Gasteiger partial charge is 0.157 e. The van der Waals surface area contributed by atoms with Gasteiger partial charge >= 0.3 is 0 Å². The number of piperidine rings is 1. The number of nitrogens with zero attached hydrogens (tertiary/aromatic N) is 4. The molecule has 2 aliphatic rings. The molecule has 4 rings (SSSR count). The Morgan fingerprint density at radius 2 is 1.58 bits per heavy atom. The van der Waals surface area contributed by atoms with Crippen molar-refractivity contribution in [1.29, 1.82) is 0 Å². The Labute approximate surface area is 159 Å². The number of aromatic nitrogens is 2. The Kier molecular flexibility index (Phi) is 5.80. The first-order valence-electron chi connectivity index (χ1n) is 9.47. The van der Waals surface area contributed by atoms with Crippen LogP contribution in [-0.2, 0) is 4.74 Å². The molecule has 2 fully saturated rings. The fourth-order valence-corrected chi connectivity index (χ4v) is 4.12. The monoisotopic (exact) mass is 372 g/mol. The largest absolute Gasteiger partial charge is 0.379 e. The second kappa shape index (κ2) is 8.44. The fourth-order valence-electron chi connectivity index (χ4n) is 3.93. The van der Waals surface area contributed by atoms with Crippen molar-refractivity contribution >= 4 is 11.6 Å². The average Bonchev–Trinajstić information content (AvgIpc) is 2.72. The van der Waals surface area contributed by atoms with E-state index in [9.17, 15) is 0 Å². The van der Waals surface area contributed by atoms with E-state index >= 15 is 0 Å². The fraction of sp³-hybridized carbons (Fsp3) is 0.500. The van der Waals surface area contributed by atoms with Gasteiger partial charge in [-0.2, -0.15) is 0 Å². The molecule has 1 unspecified atom stereocenters. The molecule has 0 radical (unpaired) electrons. The van der Waals surface area contributed by atoms with E-state index in [2.05, 4.69) is 38.2 Å². The first kappa shape index (κ1) is 17.9. The Morgan fingerprint density at radius 3 is 2.31 bits per heavy atom. The molecule has 1 aromatic carbocycles. The van der Waals surface area contributed by atoms with Gasteiger partial charge in [0.15, 0.2) is 5.15 Å². The average molecular weight is 373 g/mol. The van der Waals surface area contributed by atoms with Gasteiger partial charge in [0.2, 0.25) is 0 Å². The molecule has 0 aliphatic carbocycles. The van der Waals surface area contributed by atoms with Crippen molar-refractivity contribution in [3.05, 3.63) is 47.1 Å². The summed E-state index contributed by atoms with van der Waals surface area (Å²) in [6, 6.07) is 12.3. The SMILES string of the molecule is Clc1nnc(-c2ccccc2)cc1C(N1CCCCC1)N1CCOCC1. The van der Waals surface area contributed by atoms with Gasteiger partial charge < -0.3 is 4.74 Å². The van der Waals surface area contributed by atoms with Crippen LogP contribution in [0, 0.1) is 0 Å². The van der Waals surface area contributed by atoms with Gasteiger partial charge in [-0.25, -0.2) is 0 Å². The number of ether oxygens (including phenoxy) is 1. The molecule has 5 nitrogen and oxygen atoms in total. The number of rotatable bonds is 4. The number of halogens is 1. The normalized spacial score (nSPS) is 20.8. The van der Waals surface area contributed by atoms with Crippen molar-refractivity contribution in [3.63, 3.8) is 0 Å². The summed E-state index contributed by atoms with van der Waals surface area (Å²) in [6.45, 7) is 5.57. The first-order valence-corrected chi connectivity index (χ1v) is 9.85. The topological polar surface area (TPSA) is 41.5 Å². The second-order valence-corrected chi connectivity index (χ2v) is 7.32. The van der Waals surface area contributed by atoms with Crippen LogP contribution < -0.4 is 0 Å². The van der Waals surface area contributed by atoms with E-state index in [4.69, 9.17) is 16.3 Å². The molecule has 0 bridgehead atoms. The van der Waals surface area contributed by atoms with E-state index in [0.717, 1.165) is 56.2 Å². The molecule has 1 atom stereocenters. The van der Waals surface area contributed by atoms with Crippen molar-refractivity contribution in [1.82, 2.24) is 20.0 Å². The minimum atomic E-state index is 0.143. The van der Waals surface area contributed by atoms with Crippen molar-refractivity contribution in [3.8, 4) is 11.3 Å². The summed E-state index contributed by atoms with van der Waals surface area (Å²) < 4.78 is 5.58. The number of hydrogen-bond acceptors (Lipinski definition) is 5. The second-order valence-electron chi connectivity index (χ2n) is 6.96. The summed E-state index contributed by atoms with van der Waals surface area (Å²) in [6.07, 6.45) is 3.93. The highest BCUT2D eigenvalue weighted by molar-refractivity contribution is 6.30. The lowest BCUT2D eigenvalue weighted by molar-refractivity contribution is -0.0405. The molecule has 2 aromatic rings. The summed E-state index contributed by atoms with van der Waals surface area (Å²) in [5.41, 5.74) is 3.00. The summed E-state index contributed by atoms with van der Waals surface area (Å²) in [7, 11) is 0. The standard InChI is InChI=1S/C20H25ClN4O/c21-19-17(15-18(22-23-19)16-7-3-1-4-8-16)20(24-9-5-2-6-10-24)25-11-13-26-14-12-25/h1,3-4,7-8,15,20H,2,5-6,9-14H2. The zero-order chi connectivity index (χ0) is 17.8. The number of likely N-dealkylation sites (tertiary alicyclic amines) is 1. The Morgan fingerprint density at radius 1 is 0.885 bits per heavy atom. The highest BCUT2D eigenvalue weighted by atomic mass is 35.5. The van der Waals surface area contributed by atoms with Gasteiger partial charge in [-0.1, -0.05) is 48.4 Å². The molecule has 26 heavy (non-hydrogen) atoms. The maximum absolute atomic E-state index is 6.56. The molecule has 3 heterocycles. The molecule has 138 valence electrons. The molecule has 6 heteroatoms. The highest BCUT2D eigenvalue weighted by Gasteiger charge is 2.31. The molecule has 0 spiro atoms. The van der Waals surface area contributed by atoms with Gasteiger partial charge in [-0.3, -0.25) is 9.80 Å². The van der Waals surface area contributed by atoms with Gasteiger partial charge in [0.05, 0.1) is 25.1 Å². The third-order valence-corrected chi connectivity index (χ3v) is 5.55. The number of benzene rings is 1. The van der Waals surface area contributed by atoms with Crippen LogP contribution in [0.3, 0.4) is 0 Å². The van der Waals surface area contributed by atoms with Crippen LogP contribution in [0.4, 0.5) is 0 Å². The number of morpholine rings is 1. The van der Waals surface area contributed by atoms with Crippen LogP contribution in [0.1, 0.15) is 31.0 Å². The Bertz CT molecular complexity index is 697. The van der Waals surface area contributed by atoms with Crippen LogP contribution in [-0.4, -0.2) is 59.4 Å². The molecular weight excluding hydrogens is 348 g/mol. The van der Waals surface area contributed by atoms with Gasteiger partial charge in [0.25, 0.3) is 0 Å². The summed E-state index contributed by atoms with van der Waals surface area (Å²) in [5.74, 6) is 0. The lowest BCUT2D eigenvalue weighted by Gasteiger charge is -2.43. The third kappa shape index (κ3) is 3.91. The minimum Gasteiger partial charge on any atom is -0.379 e. The van der Waals surface area contributed by atoms with Gasteiger partial charge in [0, 0.05) is 24.2 Å². The minimum absolute atomic E-state index is 0.143. The summed E-state index contributed by atoms with van der Waals surface area (Å²) in [5, 5.41) is 9.14. The molecule has 1 aromatic heterocycles. The maximum Gasteiger partial charge on any atom is 0.157 e. The van der Waals surface area contributed by atoms with Crippen molar-refractivity contribution in [2.45, 2.75) is 25.4 Å². The molecule has 2 aliphatic heterocycles. The van der Waals surface area contributed by atoms with E-state index in [1.807, 2.05) is 18.2 Å². The number of hydrogen-bond donors (Lipinski definition) is 0. The van der Waals surface area contributed by atoms with E-state index < -0.39 is 0 Å². The Balaban J connectivity index is 1.71. The molecular formula is C20H25ClN4O. The van der Waals surface area contributed by atoms with E-state index in [1.54, 1.807) is 0 Å². The van der Waals surface area contributed by atoms with E-state index in [1.165, 1.54) is 19.3 Å². The van der Waals surface area contributed by atoms with Crippen LogP contribution in [0.15, 0.2) is 36.4 Å². The summed E-state index contributed by atoms with van der Waals surface area (Å²) in [4.78, 5) is 5.03. The first-order chi connectivity index (χ1) is 12.8. The predicted molar refractivity (Wildman–Crippen MR) is 103 cm³/mol. The zero-order valence-corrected chi connectivity index (χ0v) is 15.7. The van der Waals surface area contributed by atoms with Gasteiger partial charge in [-0.05, 0) is 32.0 Å². The third-order valence-electron chi connectivity index (χ3n) is 5.25. The molecule has 0 amide bonds. The van der Waals surface area contributed by atoms with Crippen molar-refractivity contribution in [2.75, 3.05) is 39.4 Å². The van der Waals surface area contributed by atoms with E-state index in [0.29, 0.717) is 5.15 Å². The Hall–Kier alpha value is -1.53. The summed E-state index contributed by atoms with van der Waals surface area (Å²) >= 11 is 6.56. The maximum atomic E-state index is 6.56. The van der Waals surface area contributed by atoms with Crippen LogP contribution in [0.5, 0.6) is 0 Å². The molecule has 0 saturated carbocycles. The quantitative estimate of drug-likeness (QED) is 0.820. The van der Waals surface area contributed by atoms with E-state index in [-0.39, 0.29) is 6.17 Å². The molecule has 2 saturated heterocycles. The van der Waals surface area contributed by atoms with Crippen molar-refractivity contribution < 1.29 is 4.74 Å². The van der Waals surface area contributed by atoms with Crippen molar-refractivity contribution in [2.24, 2.45) is 0 Å². The van der Waals surface area contributed by atoms with Crippen LogP contribution in [0.2, 0.25) is 5.15 Å². The van der Waals surface area contributed by atoms with Crippen LogP contribution >= 0.6 is 11.6 Å². The zero-order valence-electron chi connectivity index (χ0n) is 15.0. The van der Waals surface area contributed by atoms with Crippen LogP contribution in [0.25, 0.3) is 11.3 Å².